The van der Waals surface area contributed by atoms with E-state index in [-0.39, 0.29) is 0 Å². The Hall–Kier alpha value is 0.430. The van der Waals surface area contributed by atoms with Crippen molar-refractivity contribution in [2.24, 2.45) is 0 Å². The minimum atomic E-state index is -1.59. The molecule has 8 heteroatoms. The van der Waals surface area contributed by atoms with Crippen LogP contribution in [-0.4, -0.2) is 25.1 Å². The van der Waals surface area contributed by atoms with E-state index in [0.29, 0.717) is 17.9 Å². The molecule has 0 amide bonds. The summed E-state index contributed by atoms with van der Waals surface area (Å²) in [6.45, 7) is 2.96. The van der Waals surface area contributed by atoms with Crippen molar-refractivity contribution in [3.63, 3.8) is 0 Å². The normalized spacial score (nSPS) is 25.7. The lowest BCUT2D eigenvalue weighted by atomic mass is 9.97. The predicted octanol–water partition coefficient (Wildman–Crippen LogP) is 7.38. The summed E-state index contributed by atoms with van der Waals surface area (Å²) in [5, 5.41) is 7.37. The largest absolute Gasteiger partial charge is 0.478 e. The molecular weight excluding hydrogens is 449 g/mol. The summed E-state index contributed by atoms with van der Waals surface area (Å²) in [6, 6.07) is 0. The highest BCUT2D eigenvalue weighted by Crippen LogP contribution is 2.57. The van der Waals surface area contributed by atoms with Gasteiger partial charge in [-0.3, -0.25) is 0 Å². The average molecular weight is 469 g/mol. The van der Waals surface area contributed by atoms with Crippen LogP contribution in [-0.2, 0) is 4.79 Å². The number of carboxylic acid groups (broad SMARTS) is 1. The van der Waals surface area contributed by atoms with Gasteiger partial charge in [-0.2, -0.15) is 0 Å². The first-order valence-electron chi connectivity index (χ1n) is 7.89. The van der Waals surface area contributed by atoms with Crippen molar-refractivity contribution in [2.45, 2.75) is 59.0 Å². The first kappa shape index (κ1) is 23.5. The number of rotatable bonds is 2. The van der Waals surface area contributed by atoms with E-state index in [4.69, 9.17) is 74.7 Å². The quantitative estimate of drug-likeness (QED) is 0.339. The van der Waals surface area contributed by atoms with Gasteiger partial charge in [0.05, 0.1) is 10.4 Å². The number of hydrogen-bond donors (Lipinski definition) is 1. The molecule has 0 saturated heterocycles. The molecule has 0 radical (unpaired) electrons. The summed E-state index contributed by atoms with van der Waals surface area (Å²) in [7, 11) is 0. The molecule has 0 aliphatic heterocycles. The Morgan fingerprint density at radius 1 is 1.20 bits per heavy atom. The molecule has 0 aromatic rings. The molecule has 0 bridgehead atoms. The lowest BCUT2D eigenvalue weighted by molar-refractivity contribution is -0.131. The van der Waals surface area contributed by atoms with Crippen LogP contribution in [0, 0.1) is 0 Å². The second-order valence-corrected chi connectivity index (χ2v) is 9.49. The molecule has 1 atom stereocenters. The molecule has 2 aliphatic carbocycles. The predicted molar refractivity (Wildman–Crippen MR) is 110 cm³/mol. The van der Waals surface area contributed by atoms with Crippen molar-refractivity contribution in [1.82, 2.24) is 0 Å². The topological polar surface area (TPSA) is 37.3 Å². The van der Waals surface area contributed by atoms with Crippen LogP contribution in [0.2, 0.25) is 0 Å². The van der Waals surface area contributed by atoms with Crippen LogP contribution >= 0.6 is 69.6 Å². The van der Waals surface area contributed by atoms with Gasteiger partial charge in [-0.15, -0.1) is 11.6 Å². The molecule has 0 aromatic carbocycles. The third-order valence-corrected chi connectivity index (χ3v) is 8.03. The summed E-state index contributed by atoms with van der Waals surface area (Å²) >= 11 is 38.0. The first-order valence-corrected chi connectivity index (χ1v) is 10.2. The lowest BCUT2D eigenvalue weighted by Crippen LogP contribution is -2.43. The van der Waals surface area contributed by atoms with Crippen molar-refractivity contribution < 1.29 is 9.90 Å². The summed E-state index contributed by atoms with van der Waals surface area (Å²) in [5.74, 6) is -0.981. The second kappa shape index (κ2) is 10.1. The smallest absolute Gasteiger partial charge is 0.327 e. The number of aliphatic carboxylic acids is 1. The van der Waals surface area contributed by atoms with E-state index in [9.17, 15) is 4.79 Å². The second-order valence-electron chi connectivity index (χ2n) is 5.87. The molecule has 1 unspecified atom stereocenters. The molecule has 0 spiro atoms. The molecule has 0 aromatic heterocycles. The molecule has 0 fully saturated rings. The molecule has 2 rings (SSSR count). The molecule has 0 saturated carbocycles. The molecule has 142 valence electrons. The van der Waals surface area contributed by atoms with Crippen molar-refractivity contribution in [3.8, 4) is 0 Å². The highest BCUT2D eigenvalue weighted by atomic mass is 35.5. The molecule has 0 heterocycles. The highest BCUT2D eigenvalue weighted by Gasteiger charge is 2.56. The summed E-state index contributed by atoms with van der Waals surface area (Å²) in [5.41, 5.74) is 2.18. The number of alkyl halides is 5. The Morgan fingerprint density at radius 2 is 1.80 bits per heavy atom. The van der Waals surface area contributed by atoms with E-state index < -0.39 is 20.0 Å². The summed E-state index contributed by atoms with van der Waals surface area (Å²) in [6.07, 6.45) is 9.97. The van der Waals surface area contributed by atoms with E-state index in [1.165, 1.54) is 18.4 Å². The summed E-state index contributed by atoms with van der Waals surface area (Å²) < 4.78 is -3.11. The van der Waals surface area contributed by atoms with E-state index in [1.807, 2.05) is 0 Å². The van der Waals surface area contributed by atoms with Gasteiger partial charge in [-0.1, -0.05) is 77.1 Å². The first-order chi connectivity index (χ1) is 11.6. The van der Waals surface area contributed by atoms with E-state index in [1.54, 1.807) is 0 Å². The van der Waals surface area contributed by atoms with Gasteiger partial charge in [0.2, 0.25) is 0 Å². The van der Waals surface area contributed by atoms with Gasteiger partial charge in [0.1, 0.15) is 0 Å². The fraction of sp³-hybridized carbons (Fsp3) is 0.588. The Balaban J connectivity index is 0.000000550. The number of carbonyl (C=O) groups is 1. The molecular formula is C17H20Cl6O2. The van der Waals surface area contributed by atoms with Gasteiger partial charge in [0, 0.05) is 6.08 Å². The third kappa shape index (κ3) is 5.96. The van der Waals surface area contributed by atoms with Crippen LogP contribution in [0.4, 0.5) is 0 Å². The van der Waals surface area contributed by atoms with Crippen LogP contribution in [0.5, 0.6) is 0 Å². The Morgan fingerprint density at radius 3 is 2.36 bits per heavy atom. The van der Waals surface area contributed by atoms with E-state index in [0.717, 1.165) is 30.9 Å². The van der Waals surface area contributed by atoms with Crippen molar-refractivity contribution in [2.75, 3.05) is 0 Å². The van der Waals surface area contributed by atoms with Crippen LogP contribution in [0.15, 0.2) is 34.9 Å². The van der Waals surface area contributed by atoms with Gasteiger partial charge in [0.25, 0.3) is 0 Å². The SMILES string of the molecule is C=CC(=O)O.ClC1=C(C2=CCCCCC2)CCC(Cl)C(Cl)(Cl)C1(Cl)Cl. The third-order valence-electron chi connectivity index (χ3n) is 4.10. The number of halogens is 6. The Bertz CT molecular complexity index is 565. The van der Waals surface area contributed by atoms with Crippen LogP contribution < -0.4 is 0 Å². The average Bonchev–Trinajstić information content (AvgIpc) is 2.85. The van der Waals surface area contributed by atoms with Gasteiger partial charge in [-0.25, -0.2) is 4.79 Å². The minimum absolute atomic E-state index is 0.321. The zero-order chi connectivity index (χ0) is 19.3. The van der Waals surface area contributed by atoms with Crippen LogP contribution in [0.1, 0.15) is 44.9 Å². The Labute approximate surface area is 178 Å². The number of carboxylic acids is 1. The maximum Gasteiger partial charge on any atom is 0.327 e. The number of allylic oxidation sites excluding steroid dienone is 4. The van der Waals surface area contributed by atoms with Crippen LogP contribution in [0.25, 0.3) is 0 Å². The lowest BCUT2D eigenvalue weighted by Gasteiger charge is -2.34. The van der Waals surface area contributed by atoms with Crippen molar-refractivity contribution in [1.29, 1.82) is 0 Å². The Kier molecular flexibility index (Phi) is 9.49. The van der Waals surface area contributed by atoms with E-state index in [2.05, 4.69) is 12.7 Å². The fourth-order valence-electron chi connectivity index (χ4n) is 2.69. The number of hydrogen-bond acceptors (Lipinski definition) is 1. The van der Waals surface area contributed by atoms with Crippen molar-refractivity contribution >= 4 is 75.6 Å². The molecule has 1 N–H and O–H groups in total. The minimum Gasteiger partial charge on any atom is -0.478 e. The monoisotopic (exact) mass is 466 g/mol. The zero-order valence-electron chi connectivity index (χ0n) is 13.5. The van der Waals surface area contributed by atoms with E-state index >= 15 is 0 Å². The molecule has 2 aliphatic rings. The van der Waals surface area contributed by atoms with Crippen molar-refractivity contribution in [3.05, 3.63) is 34.9 Å². The van der Waals surface area contributed by atoms with Gasteiger partial charge in [-0.05, 0) is 49.7 Å². The summed E-state index contributed by atoms with van der Waals surface area (Å²) in [4.78, 5) is 9.25. The zero-order valence-corrected chi connectivity index (χ0v) is 18.0. The molecule has 2 nitrogen and oxygen atoms in total. The maximum absolute atomic E-state index is 9.25. The maximum atomic E-state index is 9.25. The fourth-order valence-corrected chi connectivity index (χ4v) is 4.43. The highest BCUT2D eigenvalue weighted by molar-refractivity contribution is 6.68. The van der Waals surface area contributed by atoms with Crippen LogP contribution in [0.3, 0.4) is 0 Å². The standard InChI is InChI=1S/C14H16Cl6.C3H4O2/c15-11-8-7-10(9-5-3-1-2-4-6-9)12(16)14(19,20)13(11,17)18;1-2-3(4)5/h5,11H,1-4,6-8H2;2H,1H2,(H,4,5). The van der Waals surface area contributed by atoms with Gasteiger partial charge in [0.15, 0.2) is 8.67 Å². The van der Waals surface area contributed by atoms with Gasteiger partial charge >= 0.3 is 5.97 Å². The molecule has 25 heavy (non-hydrogen) atoms. The van der Waals surface area contributed by atoms with Gasteiger partial charge < -0.3 is 5.11 Å².